The molecule has 2 aliphatic heterocycles. The number of nitrogens with one attached hydrogen (secondary N) is 1. The summed E-state index contributed by atoms with van der Waals surface area (Å²) in [7, 11) is 0. The van der Waals surface area contributed by atoms with E-state index >= 15 is 0 Å². The molecule has 5 nitrogen and oxygen atoms in total. The van der Waals surface area contributed by atoms with Crippen molar-refractivity contribution in [3.63, 3.8) is 0 Å². The normalized spacial score (nSPS) is 25.0. The molecule has 2 heterocycles. The second-order valence-corrected chi connectivity index (χ2v) is 6.95. The summed E-state index contributed by atoms with van der Waals surface area (Å²) in [6.07, 6.45) is 1.27. The van der Waals surface area contributed by atoms with E-state index in [1.54, 1.807) is 0 Å². The first kappa shape index (κ1) is 16.7. The number of rotatable bonds is 5. The Morgan fingerprint density at radius 3 is 2.24 bits per heavy atom. The Morgan fingerprint density at radius 1 is 1.14 bits per heavy atom. The molecule has 122 valence electrons. The average Bonchev–Trinajstić information content (AvgIpc) is 2.92. The predicted molar refractivity (Wildman–Crippen MR) is 86.4 cm³/mol. The topological polar surface area (TPSA) is 38.8 Å². The number of hydrogen-bond acceptors (Lipinski definition) is 4. The van der Waals surface area contributed by atoms with Crippen molar-refractivity contribution in [2.24, 2.45) is 0 Å². The number of amides is 1. The first-order valence-corrected chi connectivity index (χ1v) is 8.47. The van der Waals surface area contributed by atoms with Crippen molar-refractivity contribution in [2.45, 2.75) is 52.2 Å². The van der Waals surface area contributed by atoms with Crippen LogP contribution in [0.15, 0.2) is 0 Å². The van der Waals surface area contributed by atoms with Gasteiger partial charge >= 0.3 is 0 Å². The first-order chi connectivity index (χ1) is 9.99. The lowest BCUT2D eigenvalue weighted by Gasteiger charge is -2.39. The third kappa shape index (κ3) is 4.41. The van der Waals surface area contributed by atoms with Crippen LogP contribution in [0, 0.1) is 0 Å². The maximum Gasteiger partial charge on any atom is 0.237 e. The molecule has 0 aromatic rings. The molecule has 0 saturated carbocycles. The van der Waals surface area contributed by atoms with E-state index in [-0.39, 0.29) is 18.0 Å². The van der Waals surface area contributed by atoms with Crippen LogP contribution >= 0.6 is 0 Å². The predicted octanol–water partition coefficient (Wildman–Crippen LogP) is 0.611. The summed E-state index contributed by atoms with van der Waals surface area (Å²) in [5, 5.41) is 3.44. The molecule has 2 saturated heterocycles. The molecule has 5 heteroatoms. The van der Waals surface area contributed by atoms with Gasteiger partial charge in [-0.2, -0.15) is 0 Å². The molecule has 0 bridgehead atoms. The van der Waals surface area contributed by atoms with E-state index in [9.17, 15) is 4.79 Å². The Balaban J connectivity index is 1.78. The number of carbonyl (C=O) groups is 1. The Labute approximate surface area is 129 Å². The molecule has 2 fully saturated rings. The van der Waals surface area contributed by atoms with E-state index in [0.717, 1.165) is 39.3 Å². The zero-order chi connectivity index (χ0) is 15.4. The minimum Gasteiger partial charge on any atom is -0.337 e. The highest BCUT2D eigenvalue weighted by Crippen LogP contribution is 2.13. The van der Waals surface area contributed by atoms with Crippen LogP contribution in [0.4, 0.5) is 0 Å². The van der Waals surface area contributed by atoms with Crippen LogP contribution in [0.2, 0.25) is 0 Å². The monoisotopic (exact) mass is 296 g/mol. The molecule has 0 radical (unpaired) electrons. The lowest BCUT2D eigenvalue weighted by molar-refractivity contribution is -0.136. The highest BCUT2D eigenvalue weighted by atomic mass is 16.2. The molecule has 1 N–H and O–H groups in total. The number of nitrogens with zero attached hydrogens (tertiary/aromatic N) is 3. The van der Waals surface area contributed by atoms with E-state index in [1.165, 1.54) is 6.42 Å². The molecule has 0 spiro atoms. The Hall–Kier alpha value is -0.650. The van der Waals surface area contributed by atoms with Gasteiger partial charge in [0.2, 0.25) is 5.91 Å². The van der Waals surface area contributed by atoms with Gasteiger partial charge in [-0.05, 0) is 40.7 Å². The van der Waals surface area contributed by atoms with Gasteiger partial charge in [0.15, 0.2) is 0 Å². The smallest absolute Gasteiger partial charge is 0.237 e. The van der Waals surface area contributed by atoms with Gasteiger partial charge in [0.25, 0.3) is 0 Å². The number of piperazine rings is 1. The molecular formula is C16H32N4O. The lowest BCUT2D eigenvalue weighted by Crippen LogP contribution is -2.54. The fourth-order valence-corrected chi connectivity index (χ4v) is 3.68. The average molecular weight is 296 g/mol. The molecule has 0 aliphatic carbocycles. The van der Waals surface area contributed by atoms with E-state index in [4.69, 9.17) is 0 Å². The van der Waals surface area contributed by atoms with Crippen molar-refractivity contribution in [3.8, 4) is 0 Å². The van der Waals surface area contributed by atoms with Gasteiger partial charge in [0, 0.05) is 50.8 Å². The molecule has 2 rings (SSSR count). The van der Waals surface area contributed by atoms with Crippen LogP contribution in [0.1, 0.15) is 34.1 Å². The third-order valence-corrected chi connectivity index (χ3v) is 4.72. The largest absolute Gasteiger partial charge is 0.337 e. The van der Waals surface area contributed by atoms with E-state index < -0.39 is 0 Å². The fourth-order valence-electron chi connectivity index (χ4n) is 3.68. The summed E-state index contributed by atoms with van der Waals surface area (Å²) in [6.45, 7) is 15.5. The summed E-state index contributed by atoms with van der Waals surface area (Å²) >= 11 is 0. The summed E-state index contributed by atoms with van der Waals surface area (Å²) < 4.78 is 0. The van der Waals surface area contributed by atoms with E-state index in [0.29, 0.717) is 12.6 Å². The fraction of sp³-hybridized carbons (Fsp3) is 0.938. The van der Waals surface area contributed by atoms with Crippen molar-refractivity contribution in [3.05, 3.63) is 0 Å². The maximum absolute atomic E-state index is 12.5. The van der Waals surface area contributed by atoms with Crippen LogP contribution in [0.3, 0.4) is 0 Å². The standard InChI is InChI=1S/C16H32N4O/c1-13(2)20(14(3)4)16(21)12-18-7-9-19(10-8-18)15-5-6-17-11-15/h13-15,17H,5-12H2,1-4H3. The van der Waals surface area contributed by atoms with Crippen LogP contribution < -0.4 is 5.32 Å². The quantitative estimate of drug-likeness (QED) is 0.807. The van der Waals surface area contributed by atoms with E-state index in [1.807, 2.05) is 4.90 Å². The molecule has 0 aromatic heterocycles. The molecule has 1 unspecified atom stereocenters. The van der Waals surface area contributed by atoms with Crippen LogP contribution in [0.5, 0.6) is 0 Å². The summed E-state index contributed by atoms with van der Waals surface area (Å²) in [5.74, 6) is 0.274. The van der Waals surface area contributed by atoms with Gasteiger partial charge in [0.1, 0.15) is 0 Å². The Kier molecular flexibility index (Phi) is 6.02. The molecule has 0 aromatic carbocycles. The second-order valence-electron chi connectivity index (χ2n) is 6.95. The Bertz CT molecular complexity index is 323. The third-order valence-electron chi connectivity index (χ3n) is 4.72. The zero-order valence-corrected chi connectivity index (χ0v) is 14.1. The Morgan fingerprint density at radius 2 is 1.76 bits per heavy atom. The summed E-state index contributed by atoms with van der Waals surface area (Å²) in [5.41, 5.74) is 0. The number of hydrogen-bond donors (Lipinski definition) is 1. The van der Waals surface area contributed by atoms with Gasteiger partial charge in [0.05, 0.1) is 6.54 Å². The van der Waals surface area contributed by atoms with Crippen molar-refractivity contribution >= 4 is 5.91 Å². The van der Waals surface area contributed by atoms with Crippen LogP contribution in [0.25, 0.3) is 0 Å². The number of carbonyl (C=O) groups excluding carboxylic acids is 1. The lowest BCUT2D eigenvalue weighted by atomic mass is 10.2. The van der Waals surface area contributed by atoms with Gasteiger partial charge in [-0.15, -0.1) is 0 Å². The first-order valence-electron chi connectivity index (χ1n) is 8.47. The van der Waals surface area contributed by atoms with Crippen molar-refractivity contribution < 1.29 is 4.79 Å². The molecule has 2 aliphatic rings. The second kappa shape index (κ2) is 7.56. The SMILES string of the molecule is CC(C)N(C(=O)CN1CCN(C2CCNC2)CC1)C(C)C. The van der Waals surface area contributed by atoms with Crippen molar-refractivity contribution in [1.29, 1.82) is 0 Å². The molecule has 21 heavy (non-hydrogen) atoms. The highest BCUT2D eigenvalue weighted by Gasteiger charge is 2.28. The van der Waals surface area contributed by atoms with Crippen LogP contribution in [-0.2, 0) is 4.79 Å². The van der Waals surface area contributed by atoms with Crippen molar-refractivity contribution in [1.82, 2.24) is 20.0 Å². The van der Waals surface area contributed by atoms with Gasteiger partial charge in [-0.25, -0.2) is 0 Å². The van der Waals surface area contributed by atoms with Gasteiger partial charge in [-0.1, -0.05) is 0 Å². The minimum atomic E-state index is 0.274. The van der Waals surface area contributed by atoms with Gasteiger partial charge in [-0.3, -0.25) is 14.6 Å². The molecule has 1 atom stereocenters. The van der Waals surface area contributed by atoms with Gasteiger partial charge < -0.3 is 10.2 Å². The minimum absolute atomic E-state index is 0.274. The molecular weight excluding hydrogens is 264 g/mol. The zero-order valence-electron chi connectivity index (χ0n) is 14.1. The highest BCUT2D eigenvalue weighted by molar-refractivity contribution is 5.78. The van der Waals surface area contributed by atoms with Crippen molar-refractivity contribution in [2.75, 3.05) is 45.8 Å². The van der Waals surface area contributed by atoms with Crippen LogP contribution in [-0.4, -0.2) is 84.5 Å². The summed E-state index contributed by atoms with van der Waals surface area (Å²) in [6, 6.07) is 1.28. The summed E-state index contributed by atoms with van der Waals surface area (Å²) in [4.78, 5) is 19.4. The molecule has 1 amide bonds. The van der Waals surface area contributed by atoms with E-state index in [2.05, 4.69) is 42.8 Å². The maximum atomic E-state index is 12.5.